The van der Waals surface area contributed by atoms with E-state index in [1.165, 1.54) is 0 Å². The van der Waals surface area contributed by atoms with Crippen molar-refractivity contribution < 1.29 is 27.0 Å². The van der Waals surface area contributed by atoms with Crippen molar-refractivity contribution in [1.82, 2.24) is 0 Å². The number of methoxy groups -OCH3 is 1. The van der Waals surface area contributed by atoms with Gasteiger partial charge < -0.3 is 9.47 Å². The maximum absolute atomic E-state index is 15.0. The highest BCUT2D eigenvalue weighted by atomic mass is 19.2. The molecule has 3 aromatic rings. The maximum Gasteiger partial charge on any atom is 0.166 e. The molecule has 0 bridgehead atoms. The molecule has 0 saturated heterocycles. The molecule has 0 aliphatic heterocycles. The van der Waals surface area contributed by atoms with E-state index in [1.807, 2.05) is 0 Å². The number of halogens is 4. The van der Waals surface area contributed by atoms with Crippen LogP contribution < -0.4 is 4.74 Å². The summed E-state index contributed by atoms with van der Waals surface area (Å²) in [6.07, 6.45) is 2.30. The third-order valence-corrected chi connectivity index (χ3v) is 6.77. The number of benzene rings is 3. The highest BCUT2D eigenvalue weighted by Gasteiger charge is 2.29. The summed E-state index contributed by atoms with van der Waals surface area (Å²) in [6.45, 7) is 2.25. The van der Waals surface area contributed by atoms with Crippen LogP contribution in [0.1, 0.15) is 61.1 Å². The molecule has 0 amide bonds. The Morgan fingerprint density at radius 1 is 0.706 bits per heavy atom. The summed E-state index contributed by atoms with van der Waals surface area (Å²) in [5, 5.41) is 0. The minimum absolute atomic E-state index is 0.0314. The van der Waals surface area contributed by atoms with Gasteiger partial charge in [-0.05, 0) is 73.3 Å². The van der Waals surface area contributed by atoms with Gasteiger partial charge in [-0.3, -0.25) is 0 Å². The fourth-order valence-corrected chi connectivity index (χ4v) is 4.83. The van der Waals surface area contributed by atoms with Crippen molar-refractivity contribution >= 4 is 0 Å². The Balaban J connectivity index is 1.48. The predicted octanol–water partition coefficient (Wildman–Crippen LogP) is 7.90. The summed E-state index contributed by atoms with van der Waals surface area (Å²) >= 11 is 0. The summed E-state index contributed by atoms with van der Waals surface area (Å²) in [4.78, 5) is 0. The van der Waals surface area contributed by atoms with Crippen molar-refractivity contribution in [2.24, 2.45) is 0 Å². The monoisotopic (exact) mass is 472 g/mol. The van der Waals surface area contributed by atoms with Gasteiger partial charge in [-0.25, -0.2) is 17.6 Å². The van der Waals surface area contributed by atoms with Gasteiger partial charge in [0.15, 0.2) is 23.3 Å². The molecule has 0 spiro atoms. The molecule has 0 atom stereocenters. The van der Waals surface area contributed by atoms with Gasteiger partial charge in [0.2, 0.25) is 0 Å². The normalized spacial score (nSPS) is 18.2. The second-order valence-corrected chi connectivity index (χ2v) is 8.69. The summed E-state index contributed by atoms with van der Waals surface area (Å²) in [7, 11) is 1.54. The van der Waals surface area contributed by atoms with E-state index in [4.69, 9.17) is 9.47 Å². The lowest BCUT2D eigenvalue weighted by molar-refractivity contribution is 0.131. The Morgan fingerprint density at radius 3 is 1.82 bits per heavy atom. The fourth-order valence-electron chi connectivity index (χ4n) is 4.83. The van der Waals surface area contributed by atoms with E-state index < -0.39 is 23.3 Å². The van der Waals surface area contributed by atoms with Gasteiger partial charge in [-0.2, -0.15) is 0 Å². The van der Waals surface area contributed by atoms with Gasteiger partial charge in [-0.1, -0.05) is 36.4 Å². The van der Waals surface area contributed by atoms with Gasteiger partial charge in [-0.15, -0.1) is 0 Å². The molecule has 180 valence electrons. The molecule has 2 nitrogen and oxygen atoms in total. The summed E-state index contributed by atoms with van der Waals surface area (Å²) in [5.74, 6) is -3.09. The predicted molar refractivity (Wildman–Crippen MR) is 124 cm³/mol. The van der Waals surface area contributed by atoms with Crippen LogP contribution in [0.2, 0.25) is 0 Å². The largest absolute Gasteiger partial charge is 0.497 e. The van der Waals surface area contributed by atoms with Crippen molar-refractivity contribution in [2.45, 2.75) is 51.0 Å². The Labute approximate surface area is 197 Å². The van der Waals surface area contributed by atoms with Crippen molar-refractivity contribution in [3.8, 4) is 16.9 Å². The molecule has 1 saturated carbocycles. The van der Waals surface area contributed by atoms with Gasteiger partial charge in [0, 0.05) is 17.7 Å². The van der Waals surface area contributed by atoms with Crippen LogP contribution in [-0.2, 0) is 11.3 Å². The van der Waals surface area contributed by atoms with Crippen LogP contribution in [0, 0.1) is 23.3 Å². The minimum Gasteiger partial charge on any atom is -0.497 e. The number of rotatable bonds is 7. The van der Waals surface area contributed by atoms with Gasteiger partial charge in [0.05, 0.1) is 13.7 Å². The van der Waals surface area contributed by atoms with Crippen LogP contribution in [0.3, 0.4) is 0 Å². The van der Waals surface area contributed by atoms with E-state index in [-0.39, 0.29) is 29.6 Å². The maximum atomic E-state index is 15.0. The van der Waals surface area contributed by atoms with E-state index in [1.54, 1.807) is 62.6 Å². The lowest BCUT2D eigenvalue weighted by atomic mass is 9.75. The first-order valence-electron chi connectivity index (χ1n) is 11.6. The van der Waals surface area contributed by atoms with Gasteiger partial charge in [0.25, 0.3) is 0 Å². The SMILES string of the molecule is CCOCc1ccc(C2CCC(c3ccc(-c4ccc(OC)cc4)c(F)c3F)CC2)c(F)c1F. The molecule has 1 aliphatic rings. The molecule has 1 aliphatic carbocycles. The molecule has 0 unspecified atom stereocenters. The number of hydrogen-bond acceptors (Lipinski definition) is 2. The molecule has 34 heavy (non-hydrogen) atoms. The highest BCUT2D eigenvalue weighted by Crippen LogP contribution is 2.43. The lowest BCUT2D eigenvalue weighted by Gasteiger charge is -2.30. The van der Waals surface area contributed by atoms with Gasteiger partial charge in [0.1, 0.15) is 5.75 Å². The fraction of sp³-hybridized carbons (Fsp3) is 0.357. The highest BCUT2D eigenvalue weighted by molar-refractivity contribution is 5.65. The number of hydrogen-bond donors (Lipinski definition) is 0. The van der Waals surface area contributed by atoms with Crippen LogP contribution in [0.4, 0.5) is 17.6 Å². The molecule has 0 heterocycles. The zero-order valence-corrected chi connectivity index (χ0v) is 19.3. The van der Waals surface area contributed by atoms with Crippen LogP contribution in [0.15, 0.2) is 48.5 Å². The van der Waals surface area contributed by atoms with E-state index in [0.717, 1.165) is 0 Å². The Hall–Kier alpha value is -2.86. The number of ether oxygens (including phenoxy) is 2. The first-order valence-corrected chi connectivity index (χ1v) is 11.6. The van der Waals surface area contributed by atoms with Crippen molar-refractivity contribution in [3.63, 3.8) is 0 Å². The Kier molecular flexibility index (Phi) is 7.57. The first kappa shape index (κ1) is 24.3. The van der Waals surface area contributed by atoms with E-state index in [9.17, 15) is 13.2 Å². The Morgan fingerprint density at radius 2 is 1.26 bits per heavy atom. The average Bonchev–Trinajstić information content (AvgIpc) is 2.87. The van der Waals surface area contributed by atoms with Crippen LogP contribution in [0.25, 0.3) is 11.1 Å². The Bertz CT molecular complexity index is 1140. The second-order valence-electron chi connectivity index (χ2n) is 8.69. The molecule has 0 aromatic heterocycles. The van der Waals surface area contributed by atoms with Crippen molar-refractivity contribution in [2.75, 3.05) is 13.7 Å². The van der Waals surface area contributed by atoms with E-state index >= 15 is 4.39 Å². The third kappa shape index (κ3) is 4.83. The average molecular weight is 473 g/mol. The van der Waals surface area contributed by atoms with Crippen LogP contribution in [-0.4, -0.2) is 13.7 Å². The molecular formula is C28H28F4O2. The van der Waals surface area contributed by atoms with Crippen molar-refractivity contribution in [1.29, 1.82) is 0 Å². The minimum atomic E-state index is -0.872. The van der Waals surface area contributed by atoms with E-state index in [2.05, 4.69) is 0 Å². The molecule has 0 N–H and O–H groups in total. The zero-order chi connectivity index (χ0) is 24.2. The topological polar surface area (TPSA) is 18.5 Å². The summed E-state index contributed by atoms with van der Waals surface area (Å²) in [6, 6.07) is 13.2. The molecule has 4 rings (SSSR count). The lowest BCUT2D eigenvalue weighted by Crippen LogP contribution is -2.15. The van der Waals surface area contributed by atoms with Crippen molar-refractivity contribution in [3.05, 3.63) is 88.5 Å². The quantitative estimate of drug-likeness (QED) is 0.326. The van der Waals surface area contributed by atoms with E-state index in [0.29, 0.717) is 54.7 Å². The zero-order valence-electron chi connectivity index (χ0n) is 19.3. The first-order chi connectivity index (χ1) is 16.4. The van der Waals surface area contributed by atoms with Crippen LogP contribution >= 0.6 is 0 Å². The van der Waals surface area contributed by atoms with Crippen LogP contribution in [0.5, 0.6) is 5.75 Å². The third-order valence-electron chi connectivity index (χ3n) is 6.77. The standard InChI is InChI=1S/C28H28F4O2/c1-3-34-16-20-10-13-22(26(30)25(20)29)17-4-6-18(7-5-17)23-14-15-24(28(32)27(23)31)19-8-11-21(33-2)12-9-19/h8-15,17-18H,3-7,16H2,1-2H3. The van der Waals surface area contributed by atoms with Gasteiger partial charge >= 0.3 is 0 Å². The summed E-state index contributed by atoms with van der Waals surface area (Å²) < 4.78 is 69.5. The molecule has 3 aromatic carbocycles. The molecule has 1 fully saturated rings. The summed E-state index contributed by atoms with van der Waals surface area (Å²) in [5.41, 5.74) is 1.65. The smallest absolute Gasteiger partial charge is 0.166 e. The molecule has 6 heteroatoms. The molecular weight excluding hydrogens is 444 g/mol. The second kappa shape index (κ2) is 10.6. The molecule has 0 radical (unpaired) electrons.